The Balaban J connectivity index is 1.90. The molecule has 0 radical (unpaired) electrons. The molecule has 0 N–H and O–H groups in total. The van der Waals surface area contributed by atoms with Gasteiger partial charge >= 0.3 is 5.97 Å². The minimum absolute atomic E-state index is 0.120. The first kappa shape index (κ1) is 21.7. The molecule has 2 aliphatic heterocycles. The second-order valence-electron chi connectivity index (χ2n) is 7.26. The average Bonchev–Trinajstić information content (AvgIpc) is 2.74. The van der Waals surface area contributed by atoms with Crippen molar-refractivity contribution in [2.24, 2.45) is 0 Å². The molecule has 2 saturated heterocycles. The number of amides is 1. The third kappa shape index (κ3) is 4.62. The molecule has 0 spiro atoms. The summed E-state index contributed by atoms with van der Waals surface area (Å²) in [6.45, 7) is 5.43. The van der Waals surface area contributed by atoms with Crippen molar-refractivity contribution in [3.05, 3.63) is 29.3 Å². The summed E-state index contributed by atoms with van der Waals surface area (Å²) in [5.74, 6) is -0.755. The van der Waals surface area contributed by atoms with Gasteiger partial charge in [0.2, 0.25) is 10.0 Å². The monoisotopic (exact) mass is 424 g/mol. The van der Waals surface area contributed by atoms with Crippen molar-refractivity contribution in [3.63, 3.8) is 0 Å². The number of hydrogen-bond donors (Lipinski definition) is 0. The third-order valence-corrected chi connectivity index (χ3v) is 7.39. The zero-order valence-corrected chi connectivity index (χ0v) is 17.7. The number of esters is 1. The van der Waals surface area contributed by atoms with Crippen LogP contribution in [-0.2, 0) is 24.3 Å². The fourth-order valence-electron chi connectivity index (χ4n) is 3.76. The molecule has 2 aliphatic rings. The lowest BCUT2D eigenvalue weighted by atomic mass is 10.0. The van der Waals surface area contributed by atoms with E-state index >= 15 is 0 Å². The van der Waals surface area contributed by atoms with Gasteiger partial charge in [-0.2, -0.15) is 4.31 Å². The molecule has 1 aromatic carbocycles. The molecule has 1 unspecified atom stereocenters. The van der Waals surface area contributed by atoms with Gasteiger partial charge in [0.25, 0.3) is 5.91 Å². The number of sulfonamides is 1. The Bertz CT molecular complexity index is 864. The summed E-state index contributed by atoms with van der Waals surface area (Å²) in [4.78, 5) is 27.1. The molecule has 2 heterocycles. The molecule has 160 valence electrons. The highest BCUT2D eigenvalue weighted by Crippen LogP contribution is 2.25. The molecule has 1 aromatic rings. The van der Waals surface area contributed by atoms with E-state index < -0.39 is 22.0 Å². The highest BCUT2D eigenvalue weighted by atomic mass is 32.2. The van der Waals surface area contributed by atoms with Crippen LogP contribution in [0.15, 0.2) is 23.1 Å². The molecule has 0 aromatic heterocycles. The topological polar surface area (TPSA) is 93.2 Å². The second-order valence-corrected chi connectivity index (χ2v) is 9.17. The number of ether oxygens (including phenoxy) is 2. The lowest BCUT2D eigenvalue weighted by Crippen LogP contribution is -2.48. The zero-order chi connectivity index (χ0) is 21.0. The van der Waals surface area contributed by atoms with Crippen LogP contribution in [0.5, 0.6) is 0 Å². The molecule has 0 saturated carbocycles. The van der Waals surface area contributed by atoms with Crippen molar-refractivity contribution < 1.29 is 27.5 Å². The number of nitrogens with zero attached hydrogens (tertiary/aromatic N) is 2. The Morgan fingerprint density at radius 1 is 1.17 bits per heavy atom. The van der Waals surface area contributed by atoms with Crippen LogP contribution < -0.4 is 0 Å². The van der Waals surface area contributed by atoms with Gasteiger partial charge in [-0.1, -0.05) is 6.07 Å². The van der Waals surface area contributed by atoms with Crippen LogP contribution in [0.2, 0.25) is 0 Å². The number of rotatable bonds is 5. The summed E-state index contributed by atoms with van der Waals surface area (Å²) in [5, 5.41) is 0. The maximum absolute atomic E-state index is 13.2. The molecule has 1 atom stereocenters. The van der Waals surface area contributed by atoms with Gasteiger partial charge in [0, 0.05) is 25.2 Å². The normalized spacial score (nSPS) is 21.0. The van der Waals surface area contributed by atoms with E-state index in [1.807, 2.05) is 0 Å². The Hall–Kier alpha value is -1.97. The number of likely N-dealkylation sites (tertiary alicyclic amines) is 1. The molecule has 2 fully saturated rings. The minimum atomic E-state index is -3.73. The first-order valence-electron chi connectivity index (χ1n) is 10.0. The number of aryl methyl sites for hydroxylation is 1. The first-order chi connectivity index (χ1) is 13.9. The highest BCUT2D eigenvalue weighted by Gasteiger charge is 2.35. The summed E-state index contributed by atoms with van der Waals surface area (Å²) in [5.41, 5.74) is 0.840. The SMILES string of the molecule is CCOC(=O)C1CCCCN1C(=O)c1ccc(C)c(S(=O)(=O)N2CCOCC2)c1. The Labute approximate surface area is 171 Å². The standard InChI is InChI=1S/C20H28N2O6S/c1-3-28-20(24)17-6-4-5-9-22(17)19(23)16-8-7-15(2)18(14-16)29(25,26)21-10-12-27-13-11-21/h7-8,14,17H,3-6,9-13H2,1-2H3. The van der Waals surface area contributed by atoms with E-state index in [1.165, 1.54) is 15.3 Å². The molecular formula is C20H28N2O6S. The summed E-state index contributed by atoms with van der Waals surface area (Å²) in [7, 11) is -3.73. The lowest BCUT2D eigenvalue weighted by molar-refractivity contribution is -0.149. The molecule has 29 heavy (non-hydrogen) atoms. The zero-order valence-electron chi connectivity index (χ0n) is 16.9. The molecule has 0 aliphatic carbocycles. The van der Waals surface area contributed by atoms with Crippen LogP contribution >= 0.6 is 0 Å². The largest absolute Gasteiger partial charge is 0.464 e. The Morgan fingerprint density at radius 3 is 2.59 bits per heavy atom. The molecule has 3 rings (SSSR count). The summed E-state index contributed by atoms with van der Waals surface area (Å²) in [6, 6.07) is 4.06. The van der Waals surface area contributed by atoms with Crippen molar-refractivity contribution in [2.75, 3.05) is 39.5 Å². The summed E-state index contributed by atoms with van der Waals surface area (Å²) >= 11 is 0. The number of carbonyl (C=O) groups excluding carboxylic acids is 2. The molecular weight excluding hydrogens is 396 g/mol. The van der Waals surface area contributed by atoms with Crippen molar-refractivity contribution in [1.82, 2.24) is 9.21 Å². The molecule has 8 nitrogen and oxygen atoms in total. The average molecular weight is 425 g/mol. The number of piperidine rings is 1. The first-order valence-corrected chi connectivity index (χ1v) is 11.5. The minimum Gasteiger partial charge on any atom is -0.464 e. The number of morpholine rings is 1. The third-order valence-electron chi connectivity index (χ3n) is 5.35. The van der Waals surface area contributed by atoms with E-state index in [2.05, 4.69) is 0 Å². The van der Waals surface area contributed by atoms with Crippen LogP contribution in [0.1, 0.15) is 42.1 Å². The number of carbonyl (C=O) groups is 2. The van der Waals surface area contributed by atoms with Gasteiger partial charge in [-0.15, -0.1) is 0 Å². The van der Waals surface area contributed by atoms with Crippen molar-refractivity contribution >= 4 is 21.9 Å². The van der Waals surface area contributed by atoms with E-state index in [0.717, 1.165) is 12.8 Å². The van der Waals surface area contributed by atoms with E-state index in [4.69, 9.17) is 9.47 Å². The smallest absolute Gasteiger partial charge is 0.328 e. The second kappa shape index (κ2) is 9.23. The highest BCUT2D eigenvalue weighted by molar-refractivity contribution is 7.89. The van der Waals surface area contributed by atoms with Gasteiger partial charge in [-0.25, -0.2) is 13.2 Å². The predicted molar refractivity (Wildman–Crippen MR) is 106 cm³/mol. The van der Waals surface area contributed by atoms with Crippen molar-refractivity contribution in [3.8, 4) is 0 Å². The summed E-state index contributed by atoms with van der Waals surface area (Å²) < 4.78 is 37.9. The van der Waals surface area contributed by atoms with Crippen molar-refractivity contribution in [1.29, 1.82) is 0 Å². The van der Waals surface area contributed by atoms with E-state index in [-0.39, 0.29) is 36.1 Å². The maximum atomic E-state index is 13.2. The van der Waals surface area contributed by atoms with E-state index in [0.29, 0.717) is 31.7 Å². The fraction of sp³-hybridized carbons (Fsp3) is 0.600. The number of hydrogen-bond acceptors (Lipinski definition) is 6. The molecule has 9 heteroatoms. The predicted octanol–water partition coefficient (Wildman–Crippen LogP) is 1.57. The number of benzene rings is 1. The van der Waals surface area contributed by atoms with Gasteiger partial charge in [0.15, 0.2) is 0 Å². The molecule has 0 bridgehead atoms. The van der Waals surface area contributed by atoms with Gasteiger partial charge in [-0.05, 0) is 50.8 Å². The Kier molecular flexibility index (Phi) is 6.92. The van der Waals surface area contributed by atoms with E-state index in [9.17, 15) is 18.0 Å². The van der Waals surface area contributed by atoms with E-state index in [1.54, 1.807) is 26.0 Å². The van der Waals surface area contributed by atoms with Gasteiger partial charge in [-0.3, -0.25) is 4.79 Å². The summed E-state index contributed by atoms with van der Waals surface area (Å²) in [6.07, 6.45) is 2.19. The van der Waals surface area contributed by atoms with Gasteiger partial charge in [0.05, 0.1) is 24.7 Å². The van der Waals surface area contributed by atoms with Crippen LogP contribution in [0.4, 0.5) is 0 Å². The lowest BCUT2D eigenvalue weighted by Gasteiger charge is -2.34. The quantitative estimate of drug-likeness (QED) is 0.666. The van der Waals surface area contributed by atoms with Crippen LogP contribution in [-0.4, -0.2) is 75.0 Å². The van der Waals surface area contributed by atoms with Crippen LogP contribution in [0.25, 0.3) is 0 Å². The van der Waals surface area contributed by atoms with Crippen molar-refractivity contribution in [2.45, 2.75) is 44.0 Å². The van der Waals surface area contributed by atoms with Crippen LogP contribution in [0, 0.1) is 6.92 Å². The fourth-order valence-corrected chi connectivity index (χ4v) is 5.42. The van der Waals surface area contributed by atoms with Gasteiger partial charge < -0.3 is 14.4 Å². The maximum Gasteiger partial charge on any atom is 0.328 e. The Morgan fingerprint density at radius 2 is 1.90 bits per heavy atom. The van der Waals surface area contributed by atoms with Gasteiger partial charge in [0.1, 0.15) is 6.04 Å². The molecule has 1 amide bonds. The van der Waals surface area contributed by atoms with Crippen LogP contribution in [0.3, 0.4) is 0 Å².